The van der Waals surface area contributed by atoms with Crippen LogP contribution < -0.4 is 5.63 Å². The molecule has 3 aromatic rings. The lowest BCUT2D eigenvalue weighted by Crippen LogP contribution is -2.20. The van der Waals surface area contributed by atoms with Gasteiger partial charge in [0, 0.05) is 21.0 Å². The molecular formula is C20H16Cl2O4. The average molecular weight is 391 g/mol. The number of benzene rings is 2. The second-order valence-electron chi connectivity index (χ2n) is 6.16. The minimum atomic E-state index is -0.728. The van der Waals surface area contributed by atoms with Gasteiger partial charge in [0.05, 0.1) is 7.11 Å². The zero-order valence-electron chi connectivity index (χ0n) is 14.4. The minimum absolute atomic E-state index is 0.0729. The number of carbonyl (C=O) groups is 1. The molecule has 3 rings (SSSR count). The van der Waals surface area contributed by atoms with Crippen molar-refractivity contribution >= 4 is 40.1 Å². The molecule has 2 aromatic carbocycles. The Kier molecular flexibility index (Phi) is 5.08. The number of fused-ring (bicyclic) bond motifs is 1. The highest BCUT2D eigenvalue weighted by Gasteiger charge is 2.24. The van der Waals surface area contributed by atoms with Gasteiger partial charge in [-0.3, -0.25) is 0 Å². The fourth-order valence-electron chi connectivity index (χ4n) is 3.08. The first kappa shape index (κ1) is 18.5. The SMILES string of the molecule is COC(=O)c1c(C(C)C)c2cccc(-c3cc(Cl)cc(Cl)c3)c2oc1=O. The highest BCUT2D eigenvalue weighted by molar-refractivity contribution is 6.35. The van der Waals surface area contributed by atoms with Gasteiger partial charge in [-0.1, -0.05) is 55.2 Å². The maximum absolute atomic E-state index is 12.6. The fraction of sp³-hybridized carbons (Fsp3) is 0.200. The van der Waals surface area contributed by atoms with Gasteiger partial charge < -0.3 is 9.15 Å². The number of methoxy groups -OCH3 is 1. The Morgan fingerprint density at radius 2 is 1.77 bits per heavy atom. The van der Waals surface area contributed by atoms with Gasteiger partial charge in [0.25, 0.3) is 0 Å². The maximum Gasteiger partial charge on any atom is 0.351 e. The number of esters is 1. The van der Waals surface area contributed by atoms with Crippen molar-refractivity contribution < 1.29 is 13.9 Å². The summed E-state index contributed by atoms with van der Waals surface area (Å²) in [7, 11) is 1.24. The number of hydrogen-bond acceptors (Lipinski definition) is 4. The molecule has 0 fully saturated rings. The van der Waals surface area contributed by atoms with Crippen LogP contribution in [0.5, 0.6) is 0 Å². The summed E-state index contributed by atoms with van der Waals surface area (Å²) >= 11 is 12.2. The molecule has 134 valence electrons. The monoisotopic (exact) mass is 390 g/mol. The standard InChI is InChI=1S/C20H16Cl2O4/c1-10(2)16-15-6-4-5-14(11-7-12(21)9-13(22)8-11)18(15)26-20(24)17(16)19(23)25-3/h4-10H,1-3H3. The second kappa shape index (κ2) is 7.14. The predicted octanol–water partition coefficient (Wildman–Crippen LogP) is 5.68. The molecule has 26 heavy (non-hydrogen) atoms. The van der Waals surface area contributed by atoms with E-state index in [2.05, 4.69) is 0 Å². The predicted molar refractivity (Wildman–Crippen MR) is 103 cm³/mol. The third-order valence-corrected chi connectivity index (χ3v) is 4.55. The van der Waals surface area contributed by atoms with Crippen molar-refractivity contribution in [1.29, 1.82) is 0 Å². The van der Waals surface area contributed by atoms with Gasteiger partial charge in [0.2, 0.25) is 0 Å². The van der Waals surface area contributed by atoms with Crippen molar-refractivity contribution in [3.8, 4) is 11.1 Å². The third-order valence-electron chi connectivity index (χ3n) is 4.11. The molecule has 0 bridgehead atoms. The summed E-state index contributed by atoms with van der Waals surface area (Å²) in [4.78, 5) is 24.7. The van der Waals surface area contributed by atoms with Crippen molar-refractivity contribution in [2.45, 2.75) is 19.8 Å². The van der Waals surface area contributed by atoms with Crippen LogP contribution in [0, 0.1) is 0 Å². The Balaban J connectivity index is 2.43. The summed E-state index contributed by atoms with van der Waals surface area (Å²) in [6, 6.07) is 10.6. The maximum atomic E-state index is 12.6. The molecule has 0 unspecified atom stereocenters. The lowest BCUT2D eigenvalue weighted by atomic mass is 9.92. The highest BCUT2D eigenvalue weighted by atomic mass is 35.5. The van der Waals surface area contributed by atoms with E-state index < -0.39 is 11.6 Å². The van der Waals surface area contributed by atoms with E-state index >= 15 is 0 Å². The number of rotatable bonds is 3. The summed E-state index contributed by atoms with van der Waals surface area (Å²) in [5.41, 5.74) is 1.56. The van der Waals surface area contributed by atoms with Crippen molar-refractivity contribution in [3.63, 3.8) is 0 Å². The molecule has 0 spiro atoms. The Morgan fingerprint density at radius 3 is 2.35 bits per heavy atom. The van der Waals surface area contributed by atoms with Gasteiger partial charge in [0.1, 0.15) is 11.1 Å². The average Bonchev–Trinajstić information content (AvgIpc) is 2.58. The Labute approximate surface area is 160 Å². The second-order valence-corrected chi connectivity index (χ2v) is 7.04. The smallest absolute Gasteiger partial charge is 0.351 e. The molecule has 0 atom stereocenters. The zero-order chi connectivity index (χ0) is 19.0. The van der Waals surface area contributed by atoms with E-state index in [-0.39, 0.29) is 11.5 Å². The van der Waals surface area contributed by atoms with Crippen LogP contribution in [-0.2, 0) is 4.74 Å². The first-order valence-electron chi connectivity index (χ1n) is 7.98. The van der Waals surface area contributed by atoms with Crippen LogP contribution in [-0.4, -0.2) is 13.1 Å². The number of para-hydroxylation sites is 1. The summed E-state index contributed by atoms with van der Waals surface area (Å²) in [6.07, 6.45) is 0. The normalized spacial score (nSPS) is 11.2. The highest BCUT2D eigenvalue weighted by Crippen LogP contribution is 2.35. The number of carbonyl (C=O) groups excluding carboxylic acids is 1. The van der Waals surface area contributed by atoms with Crippen molar-refractivity contribution in [1.82, 2.24) is 0 Å². The van der Waals surface area contributed by atoms with E-state index in [9.17, 15) is 9.59 Å². The molecule has 0 aliphatic heterocycles. The molecule has 0 N–H and O–H groups in total. The van der Waals surface area contributed by atoms with Crippen molar-refractivity contribution in [2.75, 3.05) is 7.11 Å². The van der Waals surface area contributed by atoms with E-state index in [0.29, 0.717) is 32.1 Å². The van der Waals surface area contributed by atoms with E-state index in [1.165, 1.54) is 7.11 Å². The molecule has 0 saturated carbocycles. The molecule has 0 aliphatic rings. The zero-order valence-corrected chi connectivity index (χ0v) is 15.9. The molecule has 4 nitrogen and oxygen atoms in total. The van der Waals surface area contributed by atoms with Crippen LogP contribution in [0.1, 0.15) is 35.7 Å². The number of ether oxygens (including phenoxy) is 1. The summed E-state index contributed by atoms with van der Waals surface area (Å²) in [5.74, 6) is -0.797. The van der Waals surface area contributed by atoms with Gasteiger partial charge in [-0.15, -0.1) is 0 Å². The van der Waals surface area contributed by atoms with Gasteiger partial charge in [-0.05, 0) is 35.2 Å². The lowest BCUT2D eigenvalue weighted by Gasteiger charge is -2.15. The largest absolute Gasteiger partial charge is 0.465 e. The van der Waals surface area contributed by atoms with Gasteiger partial charge in [0.15, 0.2) is 0 Å². The van der Waals surface area contributed by atoms with Gasteiger partial charge >= 0.3 is 11.6 Å². The van der Waals surface area contributed by atoms with Crippen LogP contribution in [0.2, 0.25) is 10.0 Å². The van der Waals surface area contributed by atoms with Crippen LogP contribution >= 0.6 is 23.2 Å². The lowest BCUT2D eigenvalue weighted by molar-refractivity contribution is 0.0594. The van der Waals surface area contributed by atoms with E-state index in [1.54, 1.807) is 18.2 Å². The fourth-order valence-corrected chi connectivity index (χ4v) is 3.61. The Bertz CT molecular complexity index is 1050. The van der Waals surface area contributed by atoms with Crippen LogP contribution in [0.4, 0.5) is 0 Å². The van der Waals surface area contributed by atoms with Gasteiger partial charge in [-0.25, -0.2) is 9.59 Å². The molecule has 6 heteroatoms. The van der Waals surface area contributed by atoms with E-state index in [0.717, 1.165) is 5.56 Å². The summed E-state index contributed by atoms with van der Waals surface area (Å²) < 4.78 is 10.3. The van der Waals surface area contributed by atoms with Crippen LogP contribution in [0.15, 0.2) is 45.6 Å². The molecule has 0 radical (unpaired) electrons. The quantitative estimate of drug-likeness (QED) is 0.426. The van der Waals surface area contributed by atoms with Crippen molar-refractivity contribution in [3.05, 3.63) is 68.0 Å². The summed E-state index contributed by atoms with van der Waals surface area (Å²) in [6.45, 7) is 3.81. The minimum Gasteiger partial charge on any atom is -0.465 e. The van der Waals surface area contributed by atoms with Crippen LogP contribution in [0.3, 0.4) is 0 Å². The molecular weight excluding hydrogens is 375 g/mol. The first-order chi connectivity index (χ1) is 12.3. The molecule has 1 aromatic heterocycles. The van der Waals surface area contributed by atoms with Crippen molar-refractivity contribution in [2.24, 2.45) is 0 Å². The summed E-state index contributed by atoms with van der Waals surface area (Å²) in [5, 5.41) is 1.62. The number of halogens is 2. The Morgan fingerprint density at radius 1 is 1.12 bits per heavy atom. The van der Waals surface area contributed by atoms with E-state index in [1.807, 2.05) is 32.0 Å². The number of hydrogen-bond donors (Lipinski definition) is 0. The molecule has 0 aliphatic carbocycles. The van der Waals surface area contributed by atoms with Gasteiger partial charge in [-0.2, -0.15) is 0 Å². The first-order valence-corrected chi connectivity index (χ1v) is 8.73. The van der Waals surface area contributed by atoms with Crippen LogP contribution in [0.25, 0.3) is 22.1 Å². The van der Waals surface area contributed by atoms with E-state index in [4.69, 9.17) is 32.4 Å². The molecule has 1 heterocycles. The Hall–Kier alpha value is -2.30. The molecule has 0 saturated heterocycles. The molecule has 0 amide bonds. The topological polar surface area (TPSA) is 56.5 Å². The third kappa shape index (κ3) is 3.22.